The highest BCUT2D eigenvalue weighted by molar-refractivity contribution is 6.11. The van der Waals surface area contributed by atoms with E-state index in [2.05, 4.69) is 27.6 Å². The molecule has 0 aromatic carbocycles. The number of aromatic nitrogens is 4. The Balaban J connectivity index is 1.89. The van der Waals surface area contributed by atoms with Gasteiger partial charge < -0.3 is 24.7 Å². The Kier molecular flexibility index (Phi) is 6.68. The first-order valence-electron chi connectivity index (χ1n) is 9.54. The van der Waals surface area contributed by atoms with Gasteiger partial charge in [-0.25, -0.2) is 9.78 Å². The number of nitrogens with one attached hydrogen (secondary N) is 2. The van der Waals surface area contributed by atoms with Crippen molar-refractivity contribution >= 4 is 34.3 Å². The predicted octanol–water partition coefficient (Wildman–Crippen LogP) is 2.03. The predicted molar refractivity (Wildman–Crippen MR) is 112 cm³/mol. The molecule has 2 N–H and O–H groups in total. The van der Waals surface area contributed by atoms with E-state index in [0.717, 1.165) is 18.7 Å². The molecule has 160 valence electrons. The number of hydrogen-bond acceptors (Lipinski definition) is 7. The fourth-order valence-electron chi connectivity index (χ4n) is 3.27. The van der Waals surface area contributed by atoms with Crippen molar-refractivity contribution < 1.29 is 19.1 Å². The summed E-state index contributed by atoms with van der Waals surface area (Å²) in [4.78, 5) is 29.0. The van der Waals surface area contributed by atoms with Crippen molar-refractivity contribution in [3.63, 3.8) is 0 Å². The van der Waals surface area contributed by atoms with Crippen LogP contribution in [0.5, 0.6) is 0 Å². The lowest BCUT2D eigenvalue weighted by Crippen LogP contribution is -2.20. The number of methoxy groups -OCH3 is 2. The van der Waals surface area contributed by atoms with E-state index in [-0.39, 0.29) is 24.2 Å². The number of ether oxygens (including phenoxy) is 2. The third-order valence-electron chi connectivity index (χ3n) is 4.71. The molecule has 1 atom stereocenters. The van der Waals surface area contributed by atoms with Crippen molar-refractivity contribution in [3.05, 3.63) is 36.4 Å². The summed E-state index contributed by atoms with van der Waals surface area (Å²) in [5.74, 6) is -0.938. The molecule has 0 aliphatic carbocycles. The zero-order chi connectivity index (χ0) is 21.7. The minimum Gasteiger partial charge on any atom is -0.464 e. The average Bonchev–Trinajstić information content (AvgIpc) is 3.33. The summed E-state index contributed by atoms with van der Waals surface area (Å²) in [7, 11) is 4.42. The van der Waals surface area contributed by atoms with Crippen molar-refractivity contribution in [1.82, 2.24) is 19.3 Å². The van der Waals surface area contributed by atoms with Crippen LogP contribution in [0.15, 0.2) is 30.7 Å². The largest absolute Gasteiger partial charge is 0.464 e. The molecular weight excluding hydrogens is 388 g/mol. The highest BCUT2D eigenvalue weighted by atomic mass is 16.5. The number of carbonyl (C=O) groups is 2. The number of fused-ring (bicyclic) bond motifs is 1. The fraction of sp³-hybridized carbons (Fsp3) is 0.400. The number of amides is 1. The Morgan fingerprint density at radius 1 is 1.30 bits per heavy atom. The first kappa shape index (κ1) is 21.3. The molecule has 0 saturated carbocycles. The molecule has 3 aromatic rings. The average molecular weight is 414 g/mol. The topological polar surface area (TPSA) is 112 Å². The van der Waals surface area contributed by atoms with Crippen LogP contribution >= 0.6 is 0 Å². The zero-order valence-electron chi connectivity index (χ0n) is 17.5. The van der Waals surface area contributed by atoms with Gasteiger partial charge >= 0.3 is 5.97 Å². The second-order valence-electron chi connectivity index (χ2n) is 6.95. The van der Waals surface area contributed by atoms with Gasteiger partial charge in [-0.1, -0.05) is 0 Å². The van der Waals surface area contributed by atoms with Crippen molar-refractivity contribution in [2.24, 2.45) is 7.05 Å². The molecule has 3 heterocycles. The lowest BCUT2D eigenvalue weighted by molar-refractivity contribution is -0.119. The molecule has 0 aliphatic heterocycles. The third kappa shape index (κ3) is 4.60. The molecule has 30 heavy (non-hydrogen) atoms. The Morgan fingerprint density at radius 3 is 2.77 bits per heavy atom. The summed E-state index contributed by atoms with van der Waals surface area (Å²) >= 11 is 0. The summed E-state index contributed by atoms with van der Waals surface area (Å²) in [6.07, 6.45) is 6.24. The van der Waals surface area contributed by atoms with E-state index in [1.807, 2.05) is 23.0 Å². The van der Waals surface area contributed by atoms with Crippen LogP contribution in [0.3, 0.4) is 0 Å². The van der Waals surface area contributed by atoms with Crippen LogP contribution in [0, 0.1) is 0 Å². The van der Waals surface area contributed by atoms with Crippen LogP contribution in [-0.2, 0) is 27.9 Å². The second kappa shape index (κ2) is 9.40. The van der Waals surface area contributed by atoms with E-state index in [4.69, 9.17) is 9.47 Å². The van der Waals surface area contributed by atoms with Crippen LogP contribution in [0.2, 0.25) is 0 Å². The summed E-state index contributed by atoms with van der Waals surface area (Å²) in [6.45, 7) is 2.72. The molecule has 0 bridgehead atoms. The maximum Gasteiger partial charge on any atom is 0.356 e. The van der Waals surface area contributed by atoms with Crippen LogP contribution in [-0.4, -0.2) is 58.1 Å². The summed E-state index contributed by atoms with van der Waals surface area (Å²) < 4.78 is 13.3. The molecule has 0 radical (unpaired) electrons. The third-order valence-corrected chi connectivity index (χ3v) is 4.71. The number of carbonyl (C=O) groups excluding carboxylic acids is 2. The summed E-state index contributed by atoms with van der Waals surface area (Å²) in [6, 6.07) is 3.91. The van der Waals surface area contributed by atoms with Crippen molar-refractivity contribution in [1.29, 1.82) is 0 Å². The minimum atomic E-state index is -0.565. The van der Waals surface area contributed by atoms with Gasteiger partial charge in [-0.15, -0.1) is 0 Å². The molecule has 3 aromatic heterocycles. The van der Waals surface area contributed by atoms with Gasteiger partial charge in [0.2, 0.25) is 5.91 Å². The Labute approximate surface area is 174 Å². The molecule has 0 aliphatic rings. The quantitative estimate of drug-likeness (QED) is 0.515. The Bertz CT molecular complexity index is 1030. The second-order valence-corrected chi connectivity index (χ2v) is 6.95. The summed E-state index contributed by atoms with van der Waals surface area (Å²) in [5, 5.41) is 11.0. The highest BCUT2D eigenvalue weighted by Crippen LogP contribution is 2.32. The minimum absolute atomic E-state index is 0.132. The van der Waals surface area contributed by atoms with Crippen molar-refractivity contribution in [2.75, 3.05) is 31.5 Å². The molecule has 1 amide bonds. The number of aryl methyl sites for hydroxylation is 2. The van der Waals surface area contributed by atoms with Gasteiger partial charge in [0.15, 0.2) is 5.69 Å². The van der Waals surface area contributed by atoms with E-state index >= 15 is 0 Å². The van der Waals surface area contributed by atoms with E-state index in [1.165, 1.54) is 14.2 Å². The SMILES string of the molecule is COCC(=O)Nc1c(C(=O)OC)n(C)c2ncc(NC(C)CCn3cccn3)cc12. The molecule has 0 fully saturated rings. The van der Waals surface area contributed by atoms with Gasteiger partial charge in [-0.2, -0.15) is 5.10 Å². The smallest absolute Gasteiger partial charge is 0.356 e. The maximum absolute atomic E-state index is 12.3. The van der Waals surface area contributed by atoms with Gasteiger partial charge in [0.1, 0.15) is 12.3 Å². The number of hydrogen-bond donors (Lipinski definition) is 2. The lowest BCUT2D eigenvalue weighted by Gasteiger charge is -2.15. The molecule has 10 nitrogen and oxygen atoms in total. The van der Waals surface area contributed by atoms with Crippen LogP contribution in [0.1, 0.15) is 23.8 Å². The molecule has 3 rings (SSSR count). The number of rotatable bonds is 9. The van der Waals surface area contributed by atoms with Gasteiger partial charge in [-0.05, 0) is 25.5 Å². The number of pyridine rings is 1. The van der Waals surface area contributed by atoms with E-state index in [0.29, 0.717) is 16.7 Å². The number of nitrogens with zero attached hydrogens (tertiary/aromatic N) is 4. The molecule has 1 unspecified atom stereocenters. The van der Waals surface area contributed by atoms with E-state index < -0.39 is 5.97 Å². The van der Waals surface area contributed by atoms with Gasteiger partial charge in [0.25, 0.3) is 0 Å². The Morgan fingerprint density at radius 2 is 2.10 bits per heavy atom. The first-order chi connectivity index (χ1) is 14.4. The lowest BCUT2D eigenvalue weighted by atomic mass is 10.2. The number of anilines is 2. The first-order valence-corrected chi connectivity index (χ1v) is 9.54. The Hall–Kier alpha value is -3.40. The van der Waals surface area contributed by atoms with Crippen molar-refractivity contribution in [2.45, 2.75) is 25.9 Å². The monoisotopic (exact) mass is 414 g/mol. The molecular formula is C20H26N6O4. The standard InChI is InChI=1S/C20H26N6O4/c1-13(6-9-26-8-5-7-22-26)23-14-10-15-17(24-16(27)12-29-3)18(20(28)30-4)25(2)19(15)21-11-14/h5,7-8,10-11,13,23H,6,9,12H2,1-4H3,(H,24,27). The van der Waals surface area contributed by atoms with E-state index in [1.54, 1.807) is 24.0 Å². The molecule has 0 spiro atoms. The summed E-state index contributed by atoms with van der Waals surface area (Å²) in [5.41, 5.74) is 1.90. The van der Waals surface area contributed by atoms with Crippen LogP contribution in [0.4, 0.5) is 11.4 Å². The molecule has 10 heteroatoms. The highest BCUT2D eigenvalue weighted by Gasteiger charge is 2.24. The fourth-order valence-corrected chi connectivity index (χ4v) is 3.27. The van der Waals surface area contributed by atoms with Crippen LogP contribution in [0.25, 0.3) is 11.0 Å². The normalized spacial score (nSPS) is 12.0. The van der Waals surface area contributed by atoms with Gasteiger partial charge in [0, 0.05) is 44.5 Å². The van der Waals surface area contributed by atoms with Crippen molar-refractivity contribution in [3.8, 4) is 0 Å². The zero-order valence-corrected chi connectivity index (χ0v) is 17.5. The van der Waals surface area contributed by atoms with E-state index in [9.17, 15) is 9.59 Å². The van der Waals surface area contributed by atoms with Crippen LogP contribution < -0.4 is 10.6 Å². The number of esters is 1. The van der Waals surface area contributed by atoms with Gasteiger partial charge in [-0.3, -0.25) is 9.48 Å². The molecule has 0 saturated heterocycles. The maximum atomic E-state index is 12.3. The van der Waals surface area contributed by atoms with Gasteiger partial charge in [0.05, 0.1) is 24.7 Å².